The molecule has 1 aliphatic heterocycles. The van der Waals surface area contributed by atoms with Gasteiger partial charge in [-0.3, -0.25) is 19.5 Å². The third kappa shape index (κ3) is 5.27. The van der Waals surface area contributed by atoms with E-state index >= 15 is 0 Å². The van der Waals surface area contributed by atoms with Crippen LogP contribution < -0.4 is 15.4 Å². The van der Waals surface area contributed by atoms with Crippen LogP contribution in [-0.4, -0.2) is 47.6 Å². The molecule has 1 atom stereocenters. The molecule has 0 saturated heterocycles. The quantitative estimate of drug-likeness (QED) is 0.240. The number of benzene rings is 1. The van der Waals surface area contributed by atoms with Gasteiger partial charge in [0.25, 0.3) is 5.91 Å². The van der Waals surface area contributed by atoms with Crippen LogP contribution in [0.1, 0.15) is 53.4 Å². The molecule has 2 N–H and O–H groups in total. The van der Waals surface area contributed by atoms with Crippen LogP contribution >= 0.6 is 11.6 Å². The lowest BCUT2D eigenvalue weighted by Gasteiger charge is -2.33. The van der Waals surface area contributed by atoms with Crippen molar-refractivity contribution in [3.8, 4) is 16.9 Å². The smallest absolute Gasteiger partial charge is 0.423 e. The number of hydrogen-bond acceptors (Lipinski definition) is 8. The molecule has 0 radical (unpaired) electrons. The topological polar surface area (TPSA) is 142 Å². The van der Waals surface area contributed by atoms with Crippen molar-refractivity contribution in [2.24, 2.45) is 11.7 Å². The number of rotatable bonds is 8. The Morgan fingerprint density at radius 1 is 1.13 bits per heavy atom. The van der Waals surface area contributed by atoms with E-state index in [9.17, 15) is 22.8 Å². The molecule has 4 aromatic heterocycles. The van der Waals surface area contributed by atoms with Gasteiger partial charge in [-0.1, -0.05) is 17.7 Å². The molecule has 1 aliphatic carbocycles. The van der Waals surface area contributed by atoms with E-state index in [2.05, 4.69) is 20.1 Å². The van der Waals surface area contributed by atoms with Crippen LogP contribution in [-0.2, 0) is 17.8 Å². The highest BCUT2D eigenvalue weighted by atomic mass is 35.5. The van der Waals surface area contributed by atoms with E-state index in [1.54, 1.807) is 16.8 Å². The molecule has 1 fully saturated rings. The van der Waals surface area contributed by atoms with Gasteiger partial charge in [0.2, 0.25) is 0 Å². The van der Waals surface area contributed by atoms with Gasteiger partial charge in [-0.15, -0.1) is 0 Å². The molecular formula is C31H24ClF3N8O3. The summed E-state index contributed by atoms with van der Waals surface area (Å²) in [4.78, 5) is 43.7. The Balaban J connectivity index is 1.39. The number of hydrogen-bond donors (Lipinski definition) is 1. The molecule has 15 heteroatoms. The monoisotopic (exact) mass is 648 g/mol. The van der Waals surface area contributed by atoms with Crippen molar-refractivity contribution < 1.29 is 27.5 Å². The molecule has 5 heterocycles. The van der Waals surface area contributed by atoms with Gasteiger partial charge < -0.3 is 10.5 Å². The minimum absolute atomic E-state index is 0.0501. The standard InChI is InChI=1S/C31H24ClF3N8O3/c1-15(21-6-5-19(33)12-37-21)43-29-20(13-40-43)26(27(28(36)44)22(41-29)8-16-2-3-16)17-4-7-23-24(9-17)46-31(34,35)30(45)42(23)14-25-38-10-18(32)11-39-25/h4-7,9-13,15-16H,2-3,8,14H2,1H3,(H2,36,44)/t15-/m0/s1. The summed E-state index contributed by atoms with van der Waals surface area (Å²) in [5.74, 6) is -2.74. The molecule has 2 aliphatic rings. The van der Waals surface area contributed by atoms with Crippen molar-refractivity contribution in [3.63, 3.8) is 0 Å². The number of amides is 2. The number of primary amides is 1. The second kappa shape index (κ2) is 11.1. The summed E-state index contributed by atoms with van der Waals surface area (Å²) in [6.07, 6.45) is 3.41. The van der Waals surface area contributed by atoms with Gasteiger partial charge in [-0.05, 0) is 61.9 Å². The third-order valence-electron chi connectivity index (χ3n) is 8.03. The van der Waals surface area contributed by atoms with E-state index in [4.69, 9.17) is 27.1 Å². The maximum absolute atomic E-state index is 15.0. The van der Waals surface area contributed by atoms with E-state index in [1.165, 1.54) is 36.8 Å². The Morgan fingerprint density at radius 2 is 1.89 bits per heavy atom. The Hall–Kier alpha value is -5.11. The average molecular weight is 649 g/mol. The van der Waals surface area contributed by atoms with Crippen molar-refractivity contribution in [3.05, 3.63) is 88.7 Å². The summed E-state index contributed by atoms with van der Waals surface area (Å²) >= 11 is 5.85. The maximum Gasteiger partial charge on any atom is 0.482 e. The van der Waals surface area contributed by atoms with Crippen molar-refractivity contribution in [2.45, 2.75) is 44.9 Å². The normalized spacial score (nSPS) is 16.3. The predicted molar refractivity (Wildman–Crippen MR) is 160 cm³/mol. The first-order chi connectivity index (χ1) is 22.0. The first-order valence-corrected chi connectivity index (χ1v) is 14.7. The average Bonchev–Trinajstić information content (AvgIpc) is 3.74. The summed E-state index contributed by atoms with van der Waals surface area (Å²) in [6, 6.07) is 6.71. The number of ether oxygens (including phenoxy) is 1. The molecule has 0 unspecified atom stereocenters. The van der Waals surface area contributed by atoms with E-state index < -0.39 is 29.8 Å². The summed E-state index contributed by atoms with van der Waals surface area (Å²) in [5, 5.41) is 5.21. The van der Waals surface area contributed by atoms with Crippen LogP contribution in [0.15, 0.2) is 55.1 Å². The molecule has 1 saturated carbocycles. The van der Waals surface area contributed by atoms with Gasteiger partial charge in [-0.2, -0.15) is 13.9 Å². The van der Waals surface area contributed by atoms with Gasteiger partial charge in [-0.25, -0.2) is 24.0 Å². The summed E-state index contributed by atoms with van der Waals surface area (Å²) in [7, 11) is 0. The van der Waals surface area contributed by atoms with Gasteiger partial charge >= 0.3 is 12.0 Å². The Kier molecular flexibility index (Phi) is 7.11. The lowest BCUT2D eigenvalue weighted by molar-refractivity contribution is -0.193. The van der Waals surface area contributed by atoms with Crippen molar-refractivity contribution in [1.82, 2.24) is 29.7 Å². The fourth-order valence-electron chi connectivity index (χ4n) is 5.60. The Labute approximate surface area is 264 Å². The number of alkyl halides is 2. The van der Waals surface area contributed by atoms with Crippen molar-refractivity contribution >= 4 is 40.1 Å². The van der Waals surface area contributed by atoms with Crippen LogP contribution in [0.3, 0.4) is 0 Å². The zero-order chi connectivity index (χ0) is 32.3. The summed E-state index contributed by atoms with van der Waals surface area (Å²) in [6.45, 7) is 1.45. The number of halogens is 4. The number of carbonyl (C=O) groups is 2. The first-order valence-electron chi connectivity index (χ1n) is 14.3. The van der Waals surface area contributed by atoms with Crippen LogP contribution in [0.4, 0.5) is 18.9 Å². The number of nitrogens with zero attached hydrogens (tertiary/aromatic N) is 7. The maximum atomic E-state index is 15.0. The van der Waals surface area contributed by atoms with Crippen LogP contribution in [0, 0.1) is 11.7 Å². The molecular weight excluding hydrogens is 625 g/mol. The van der Waals surface area contributed by atoms with Crippen LogP contribution in [0.2, 0.25) is 5.02 Å². The van der Waals surface area contributed by atoms with Crippen LogP contribution in [0.25, 0.3) is 22.2 Å². The zero-order valence-corrected chi connectivity index (χ0v) is 24.9. The van der Waals surface area contributed by atoms with E-state index in [0.717, 1.165) is 23.9 Å². The van der Waals surface area contributed by atoms with Gasteiger partial charge in [0.15, 0.2) is 11.4 Å². The molecule has 0 bridgehead atoms. The Morgan fingerprint density at radius 3 is 2.57 bits per heavy atom. The number of fused-ring (bicyclic) bond motifs is 2. The SMILES string of the molecule is C[C@@H](c1ccc(F)cn1)n1ncc2c(-c3ccc4c(c3)OC(F)(F)C(=O)N4Cc3ncc(Cl)cn3)c(C(N)=O)c(CC3CC3)nc21. The summed E-state index contributed by atoms with van der Waals surface area (Å²) < 4.78 is 50.1. The molecule has 46 heavy (non-hydrogen) atoms. The zero-order valence-electron chi connectivity index (χ0n) is 24.1. The lowest BCUT2D eigenvalue weighted by atomic mass is 9.93. The predicted octanol–water partition coefficient (Wildman–Crippen LogP) is 5.25. The fourth-order valence-corrected chi connectivity index (χ4v) is 5.70. The number of carbonyl (C=O) groups excluding carboxylic acids is 2. The molecule has 234 valence electrons. The minimum Gasteiger partial charge on any atom is -0.423 e. The second-order valence-corrected chi connectivity index (χ2v) is 11.7. The van der Waals surface area contributed by atoms with E-state index in [-0.39, 0.29) is 34.4 Å². The lowest BCUT2D eigenvalue weighted by Crippen LogP contribution is -2.50. The first kappa shape index (κ1) is 29.6. The molecule has 1 aromatic carbocycles. The fraction of sp³-hybridized carbons (Fsp3) is 0.258. The summed E-state index contributed by atoms with van der Waals surface area (Å²) in [5.41, 5.74) is 8.15. The van der Waals surface area contributed by atoms with Crippen molar-refractivity contribution in [2.75, 3.05) is 4.90 Å². The largest absolute Gasteiger partial charge is 0.482 e. The third-order valence-corrected chi connectivity index (χ3v) is 8.23. The van der Waals surface area contributed by atoms with Gasteiger partial charge in [0.05, 0.1) is 52.6 Å². The number of anilines is 1. The molecule has 5 aromatic rings. The highest BCUT2D eigenvalue weighted by molar-refractivity contribution is 6.30. The number of pyridine rings is 2. The molecule has 0 spiro atoms. The second-order valence-electron chi connectivity index (χ2n) is 11.2. The highest BCUT2D eigenvalue weighted by Gasteiger charge is 2.51. The van der Waals surface area contributed by atoms with Gasteiger partial charge in [0.1, 0.15) is 11.6 Å². The highest BCUT2D eigenvalue weighted by Crippen LogP contribution is 2.45. The van der Waals surface area contributed by atoms with Crippen molar-refractivity contribution in [1.29, 1.82) is 0 Å². The van der Waals surface area contributed by atoms with E-state index in [0.29, 0.717) is 45.9 Å². The van der Waals surface area contributed by atoms with Gasteiger partial charge in [0, 0.05) is 23.3 Å². The molecule has 7 rings (SSSR count). The minimum atomic E-state index is -4.20. The van der Waals surface area contributed by atoms with Crippen LogP contribution in [0.5, 0.6) is 5.75 Å². The Bertz CT molecular complexity index is 2020. The van der Waals surface area contributed by atoms with E-state index in [1.807, 2.05) is 6.92 Å². The molecule has 2 amide bonds. The number of aromatic nitrogens is 6. The number of nitrogens with two attached hydrogens (primary N) is 1. The molecule has 11 nitrogen and oxygen atoms in total.